The first-order valence-electron chi connectivity index (χ1n) is 6.99. The Morgan fingerprint density at radius 2 is 2.15 bits per heavy atom. The number of hydrogen-bond acceptors (Lipinski definition) is 5. The number of fused-ring (bicyclic) bond motifs is 1. The van der Waals surface area contributed by atoms with Gasteiger partial charge in [0.2, 0.25) is 5.17 Å². The number of amidine groups is 1. The Labute approximate surface area is 121 Å². The van der Waals surface area contributed by atoms with Gasteiger partial charge in [-0.25, -0.2) is 14.0 Å². The van der Waals surface area contributed by atoms with Gasteiger partial charge in [-0.3, -0.25) is 0 Å². The smallest absolute Gasteiger partial charge is 0.349 e. The lowest BCUT2D eigenvalue weighted by atomic mass is 10.1. The van der Waals surface area contributed by atoms with Gasteiger partial charge in [-0.2, -0.15) is 0 Å². The highest BCUT2D eigenvalue weighted by Crippen LogP contribution is 2.28. The Bertz CT molecular complexity index is 535. The van der Waals surface area contributed by atoms with Crippen LogP contribution in [0.5, 0.6) is 0 Å². The standard InChI is InChI=1S/C14H20N2O3S/c1-4-7-19-13(17)12-9-16-8-10(5-2)11(6-3)15-14(16)20(12)18/h9H,4-8H2,1-3H3. The molecule has 0 spiro atoms. The normalized spacial score (nSPS) is 21.6. The van der Waals surface area contributed by atoms with Crippen molar-refractivity contribution >= 4 is 21.9 Å². The third-order valence-electron chi connectivity index (χ3n) is 3.28. The van der Waals surface area contributed by atoms with Crippen molar-refractivity contribution in [2.45, 2.75) is 40.0 Å². The van der Waals surface area contributed by atoms with Crippen LogP contribution in [-0.4, -0.2) is 33.4 Å². The number of aliphatic imine (C=N–C) groups is 1. The van der Waals surface area contributed by atoms with Crippen molar-refractivity contribution in [3.8, 4) is 0 Å². The summed E-state index contributed by atoms with van der Waals surface area (Å²) in [6.45, 7) is 7.05. The van der Waals surface area contributed by atoms with Crippen molar-refractivity contribution in [1.82, 2.24) is 4.90 Å². The molecule has 0 aromatic carbocycles. The number of carbonyl (C=O) groups is 1. The Balaban J connectivity index is 2.22. The molecule has 5 nitrogen and oxygen atoms in total. The van der Waals surface area contributed by atoms with Crippen LogP contribution in [0.3, 0.4) is 0 Å². The molecule has 0 aromatic heterocycles. The highest BCUT2D eigenvalue weighted by Gasteiger charge is 2.36. The zero-order valence-corrected chi connectivity index (χ0v) is 13.0. The van der Waals surface area contributed by atoms with Crippen molar-refractivity contribution in [1.29, 1.82) is 0 Å². The summed E-state index contributed by atoms with van der Waals surface area (Å²) in [7, 11) is -1.52. The molecule has 0 radical (unpaired) electrons. The van der Waals surface area contributed by atoms with Crippen molar-refractivity contribution in [2.24, 2.45) is 4.99 Å². The van der Waals surface area contributed by atoms with Gasteiger partial charge in [0.1, 0.15) is 15.7 Å². The van der Waals surface area contributed by atoms with Gasteiger partial charge in [0.15, 0.2) is 0 Å². The summed E-state index contributed by atoms with van der Waals surface area (Å²) in [5.74, 6) is -0.501. The molecular weight excluding hydrogens is 276 g/mol. The summed E-state index contributed by atoms with van der Waals surface area (Å²) < 4.78 is 17.4. The Morgan fingerprint density at radius 1 is 1.40 bits per heavy atom. The summed E-state index contributed by atoms with van der Waals surface area (Å²) in [4.78, 5) is 18.4. The zero-order chi connectivity index (χ0) is 14.7. The van der Waals surface area contributed by atoms with E-state index in [-0.39, 0.29) is 4.91 Å². The Hall–Kier alpha value is -1.43. The van der Waals surface area contributed by atoms with E-state index in [0.29, 0.717) is 18.3 Å². The molecule has 2 aliphatic rings. The fourth-order valence-electron chi connectivity index (χ4n) is 2.20. The molecule has 2 aliphatic heterocycles. The van der Waals surface area contributed by atoms with E-state index in [1.807, 2.05) is 13.8 Å². The van der Waals surface area contributed by atoms with Gasteiger partial charge >= 0.3 is 5.97 Å². The summed E-state index contributed by atoms with van der Waals surface area (Å²) in [6.07, 6.45) is 4.09. The maximum Gasteiger partial charge on any atom is 0.349 e. The minimum Gasteiger partial charge on any atom is -0.462 e. The number of rotatable bonds is 5. The lowest BCUT2D eigenvalue weighted by molar-refractivity contribution is -0.138. The maximum absolute atomic E-state index is 12.3. The van der Waals surface area contributed by atoms with Gasteiger partial charge in [-0.15, -0.1) is 0 Å². The van der Waals surface area contributed by atoms with E-state index >= 15 is 0 Å². The third kappa shape index (κ3) is 2.70. The second-order valence-electron chi connectivity index (χ2n) is 4.68. The van der Waals surface area contributed by atoms with E-state index in [0.717, 1.165) is 25.0 Å². The quantitative estimate of drug-likeness (QED) is 0.730. The van der Waals surface area contributed by atoms with Crippen molar-refractivity contribution in [3.05, 3.63) is 22.4 Å². The van der Waals surface area contributed by atoms with E-state index in [1.54, 1.807) is 11.1 Å². The lowest BCUT2D eigenvalue weighted by Gasteiger charge is -2.24. The molecule has 6 heteroatoms. The molecule has 0 aromatic rings. The van der Waals surface area contributed by atoms with Gasteiger partial charge in [0.05, 0.1) is 6.61 Å². The second kappa shape index (κ2) is 6.35. The van der Waals surface area contributed by atoms with Crippen LogP contribution in [0.1, 0.15) is 40.0 Å². The number of esters is 1. The third-order valence-corrected chi connectivity index (χ3v) is 4.61. The van der Waals surface area contributed by atoms with Gasteiger partial charge < -0.3 is 9.64 Å². The van der Waals surface area contributed by atoms with Crippen LogP contribution >= 0.6 is 0 Å². The zero-order valence-electron chi connectivity index (χ0n) is 12.1. The molecule has 0 bridgehead atoms. The summed E-state index contributed by atoms with van der Waals surface area (Å²) in [6, 6.07) is 0. The first-order valence-corrected chi connectivity index (χ1v) is 8.14. The first-order chi connectivity index (χ1) is 9.62. The van der Waals surface area contributed by atoms with Gasteiger partial charge in [0, 0.05) is 18.4 Å². The first kappa shape index (κ1) is 15.0. The second-order valence-corrected chi connectivity index (χ2v) is 6.02. The Kier molecular flexibility index (Phi) is 4.75. The number of carbonyl (C=O) groups excluding carboxylic acids is 1. The number of allylic oxidation sites excluding steroid dienone is 1. The molecule has 20 heavy (non-hydrogen) atoms. The number of hydrogen-bond donors (Lipinski definition) is 0. The van der Waals surface area contributed by atoms with Gasteiger partial charge in [0.25, 0.3) is 0 Å². The average molecular weight is 296 g/mol. The van der Waals surface area contributed by atoms with Crippen molar-refractivity contribution in [3.63, 3.8) is 0 Å². The minimum atomic E-state index is -1.52. The van der Waals surface area contributed by atoms with Crippen molar-refractivity contribution < 1.29 is 13.7 Å². The topological polar surface area (TPSA) is 59.0 Å². The van der Waals surface area contributed by atoms with E-state index in [4.69, 9.17) is 4.74 Å². The van der Waals surface area contributed by atoms with Gasteiger partial charge in [-0.1, -0.05) is 20.8 Å². The van der Waals surface area contributed by atoms with E-state index in [9.17, 15) is 9.00 Å². The molecule has 0 N–H and O–H groups in total. The highest BCUT2D eigenvalue weighted by atomic mass is 32.2. The largest absolute Gasteiger partial charge is 0.462 e. The Morgan fingerprint density at radius 3 is 2.75 bits per heavy atom. The monoisotopic (exact) mass is 296 g/mol. The molecule has 2 rings (SSSR count). The van der Waals surface area contributed by atoms with Crippen molar-refractivity contribution in [2.75, 3.05) is 13.2 Å². The maximum atomic E-state index is 12.3. The van der Waals surface area contributed by atoms with Crippen LogP contribution in [0.2, 0.25) is 0 Å². The predicted octanol–water partition coefficient (Wildman–Crippen LogP) is 2.29. The molecule has 0 aliphatic carbocycles. The number of nitrogens with zero attached hydrogens (tertiary/aromatic N) is 2. The number of ether oxygens (including phenoxy) is 1. The average Bonchev–Trinajstić information content (AvgIpc) is 2.79. The van der Waals surface area contributed by atoms with Crippen LogP contribution in [0.25, 0.3) is 0 Å². The fourth-order valence-corrected chi connectivity index (χ4v) is 3.35. The lowest BCUT2D eigenvalue weighted by Crippen LogP contribution is -2.30. The van der Waals surface area contributed by atoms with E-state index < -0.39 is 16.8 Å². The predicted molar refractivity (Wildman–Crippen MR) is 79.2 cm³/mol. The molecule has 2 heterocycles. The van der Waals surface area contributed by atoms with Crippen LogP contribution in [0.15, 0.2) is 27.4 Å². The minimum absolute atomic E-state index is 0.199. The molecule has 0 saturated heterocycles. The van der Waals surface area contributed by atoms with E-state index in [2.05, 4.69) is 11.9 Å². The SMILES string of the molecule is CCCOC(=O)C1=CN2CC(CC)=C(CC)N=C2S1=O. The molecule has 0 saturated carbocycles. The highest BCUT2D eigenvalue weighted by molar-refractivity contribution is 8.05. The van der Waals surface area contributed by atoms with E-state index in [1.165, 1.54) is 5.57 Å². The molecule has 0 amide bonds. The fraction of sp³-hybridized carbons (Fsp3) is 0.571. The molecule has 110 valence electrons. The summed E-state index contributed by atoms with van der Waals surface area (Å²) in [5.41, 5.74) is 2.22. The van der Waals surface area contributed by atoms with Crippen LogP contribution in [0, 0.1) is 0 Å². The molecule has 1 atom stereocenters. The molecule has 0 fully saturated rings. The van der Waals surface area contributed by atoms with Crippen LogP contribution in [-0.2, 0) is 20.3 Å². The van der Waals surface area contributed by atoms with Crippen LogP contribution < -0.4 is 0 Å². The molecule has 1 unspecified atom stereocenters. The molecular formula is C14H20N2O3S. The summed E-state index contributed by atoms with van der Waals surface area (Å²) >= 11 is 0. The van der Waals surface area contributed by atoms with Crippen LogP contribution in [0.4, 0.5) is 0 Å². The van der Waals surface area contributed by atoms with Gasteiger partial charge in [-0.05, 0) is 24.8 Å². The summed E-state index contributed by atoms with van der Waals surface area (Å²) in [5, 5.41) is 0.461.